The molecule has 0 saturated heterocycles. The Labute approximate surface area is 219 Å². The van der Waals surface area contributed by atoms with Crippen LogP contribution in [0, 0.1) is 0 Å². The van der Waals surface area contributed by atoms with Crippen LogP contribution in [-0.4, -0.2) is 48.7 Å². The fourth-order valence-corrected chi connectivity index (χ4v) is 5.22. The van der Waals surface area contributed by atoms with Crippen molar-refractivity contribution in [3.63, 3.8) is 0 Å². The van der Waals surface area contributed by atoms with Crippen LogP contribution in [-0.2, 0) is 11.3 Å². The summed E-state index contributed by atoms with van der Waals surface area (Å²) in [5, 5.41) is 16.3. The molecule has 0 bridgehead atoms. The van der Waals surface area contributed by atoms with Gasteiger partial charge in [-0.2, -0.15) is 9.97 Å². The molecule has 4 aromatic rings. The lowest BCUT2D eigenvalue weighted by molar-refractivity contribution is -0.426. The molecule has 1 aromatic carbocycles. The molecule has 190 valence electrons. The van der Waals surface area contributed by atoms with Crippen LogP contribution in [0.15, 0.2) is 59.9 Å². The number of hydrogen-bond donors (Lipinski definition) is 5. The number of benzene rings is 1. The predicted octanol–water partition coefficient (Wildman–Crippen LogP) is 2.02. The Hall–Kier alpha value is -4.17. The van der Waals surface area contributed by atoms with E-state index in [2.05, 4.69) is 35.6 Å². The fraction of sp³-hybridized carbons (Fsp3) is 0.174. The molecule has 3 aromatic heterocycles. The molecule has 0 saturated carbocycles. The molecule has 0 aliphatic heterocycles. The second-order valence-electron chi connectivity index (χ2n) is 7.72. The van der Waals surface area contributed by atoms with Crippen molar-refractivity contribution in [3.8, 4) is 0 Å². The van der Waals surface area contributed by atoms with Gasteiger partial charge in [0, 0.05) is 39.9 Å². The van der Waals surface area contributed by atoms with Gasteiger partial charge in [-0.3, -0.25) is 4.79 Å². The molecular formula is C23H24N9O3S2+. The van der Waals surface area contributed by atoms with E-state index in [-0.39, 0.29) is 11.8 Å². The first kappa shape index (κ1) is 25.9. The maximum Gasteiger partial charge on any atom is 0.326 e. The molecule has 37 heavy (non-hydrogen) atoms. The summed E-state index contributed by atoms with van der Waals surface area (Å²) in [6.45, 7) is 0.343. The summed E-state index contributed by atoms with van der Waals surface area (Å²) in [4.78, 5) is 43.9. The van der Waals surface area contributed by atoms with Gasteiger partial charge < -0.3 is 27.2 Å². The van der Waals surface area contributed by atoms with Gasteiger partial charge in [0.25, 0.3) is 5.91 Å². The normalized spacial score (nSPS) is 11.7. The van der Waals surface area contributed by atoms with Gasteiger partial charge in [-0.05, 0) is 36.8 Å². The van der Waals surface area contributed by atoms with Crippen LogP contribution in [0.3, 0.4) is 0 Å². The van der Waals surface area contributed by atoms with Gasteiger partial charge in [-0.15, -0.1) is 0 Å². The molecule has 12 nitrogen and oxygen atoms in total. The van der Waals surface area contributed by atoms with E-state index in [4.69, 9.17) is 11.5 Å². The quantitative estimate of drug-likeness (QED) is 0.138. The Bertz CT molecular complexity index is 1390. The number of carboxylic acid groups (broad SMARTS) is 1. The van der Waals surface area contributed by atoms with Gasteiger partial charge >= 0.3 is 5.97 Å². The fourth-order valence-electron chi connectivity index (χ4n) is 3.20. The van der Waals surface area contributed by atoms with Crippen molar-refractivity contribution in [2.24, 2.45) is 0 Å². The SMILES string of the molecule is Nc1nc(N)c2nc(CNc3ccc(C(=O)NC(CCSSc4cccc[nH+]4)C(=O)O)cc3)cnc2n1. The van der Waals surface area contributed by atoms with Gasteiger partial charge in [-0.1, -0.05) is 10.8 Å². The van der Waals surface area contributed by atoms with Crippen molar-refractivity contribution in [1.29, 1.82) is 0 Å². The molecule has 0 spiro atoms. The van der Waals surface area contributed by atoms with Crippen LogP contribution in [0.5, 0.6) is 0 Å². The molecule has 4 rings (SSSR count). The van der Waals surface area contributed by atoms with Crippen molar-refractivity contribution in [2.45, 2.75) is 24.0 Å². The number of nitrogens with zero attached hydrogens (tertiary/aromatic N) is 4. The molecule has 14 heteroatoms. The lowest BCUT2D eigenvalue weighted by Crippen LogP contribution is -2.41. The van der Waals surface area contributed by atoms with E-state index in [1.54, 1.807) is 30.5 Å². The largest absolute Gasteiger partial charge is 0.480 e. The third kappa shape index (κ3) is 7.17. The zero-order chi connectivity index (χ0) is 26.2. The summed E-state index contributed by atoms with van der Waals surface area (Å²) in [6, 6.07) is 11.4. The molecular weight excluding hydrogens is 514 g/mol. The zero-order valence-corrected chi connectivity index (χ0v) is 21.1. The van der Waals surface area contributed by atoms with E-state index in [1.807, 2.05) is 24.4 Å². The van der Waals surface area contributed by atoms with Gasteiger partial charge in [0.05, 0.1) is 18.4 Å². The van der Waals surface area contributed by atoms with E-state index in [9.17, 15) is 14.7 Å². The first-order chi connectivity index (χ1) is 17.9. The van der Waals surface area contributed by atoms with Crippen molar-refractivity contribution >= 4 is 62.1 Å². The minimum Gasteiger partial charge on any atom is -0.480 e. The number of nitrogens with one attached hydrogen (secondary N) is 3. The summed E-state index contributed by atoms with van der Waals surface area (Å²) in [6.07, 6.45) is 3.67. The van der Waals surface area contributed by atoms with Crippen molar-refractivity contribution in [1.82, 2.24) is 25.3 Å². The number of anilines is 3. The average Bonchev–Trinajstić information content (AvgIpc) is 2.90. The van der Waals surface area contributed by atoms with E-state index < -0.39 is 17.9 Å². The Morgan fingerprint density at radius 3 is 2.62 bits per heavy atom. The van der Waals surface area contributed by atoms with Crippen molar-refractivity contribution < 1.29 is 19.7 Å². The smallest absolute Gasteiger partial charge is 0.326 e. The molecule has 8 N–H and O–H groups in total. The Morgan fingerprint density at radius 1 is 1.08 bits per heavy atom. The maximum atomic E-state index is 12.6. The maximum absolute atomic E-state index is 12.6. The molecule has 1 atom stereocenters. The average molecular weight is 539 g/mol. The number of H-pyrrole nitrogens is 1. The highest BCUT2D eigenvalue weighted by Gasteiger charge is 2.20. The summed E-state index contributed by atoms with van der Waals surface area (Å²) >= 11 is 0. The van der Waals surface area contributed by atoms with Crippen LogP contribution in [0.4, 0.5) is 17.5 Å². The van der Waals surface area contributed by atoms with E-state index in [1.165, 1.54) is 21.6 Å². The number of carbonyl (C=O) groups excluding carboxylic acids is 1. The highest BCUT2D eigenvalue weighted by molar-refractivity contribution is 8.76. The van der Waals surface area contributed by atoms with Gasteiger partial charge in [0.1, 0.15) is 6.04 Å². The molecule has 0 aliphatic carbocycles. The minimum atomic E-state index is -1.08. The number of aromatic amines is 1. The molecule has 1 unspecified atom stereocenters. The molecule has 0 radical (unpaired) electrons. The second-order valence-corrected chi connectivity index (χ2v) is 10.2. The summed E-state index contributed by atoms with van der Waals surface area (Å²) in [5.41, 5.74) is 13.8. The third-order valence-electron chi connectivity index (χ3n) is 5.04. The lowest BCUT2D eigenvalue weighted by Gasteiger charge is -2.14. The highest BCUT2D eigenvalue weighted by Crippen LogP contribution is 2.28. The number of nitrogens with two attached hydrogens (primary N) is 2. The van der Waals surface area contributed by atoms with Crippen LogP contribution < -0.4 is 27.1 Å². The topological polar surface area (TPSA) is 196 Å². The van der Waals surface area contributed by atoms with Gasteiger partial charge in [0.2, 0.25) is 11.0 Å². The second kappa shape index (κ2) is 12.2. The number of aliphatic carboxylic acids is 1. The van der Waals surface area contributed by atoms with Crippen LogP contribution in [0.2, 0.25) is 0 Å². The zero-order valence-electron chi connectivity index (χ0n) is 19.4. The molecule has 0 fully saturated rings. The summed E-state index contributed by atoms with van der Waals surface area (Å²) < 4.78 is 0. The Morgan fingerprint density at radius 2 is 1.89 bits per heavy atom. The van der Waals surface area contributed by atoms with Crippen molar-refractivity contribution in [2.75, 3.05) is 22.5 Å². The van der Waals surface area contributed by atoms with Crippen LogP contribution in [0.25, 0.3) is 11.2 Å². The number of fused-ring (bicyclic) bond motifs is 1. The highest BCUT2D eigenvalue weighted by atomic mass is 33.1. The molecule has 3 heterocycles. The summed E-state index contributed by atoms with van der Waals surface area (Å²) in [5.74, 6) is -0.796. The van der Waals surface area contributed by atoms with Gasteiger partial charge in [-0.25, -0.2) is 19.7 Å². The predicted molar refractivity (Wildman–Crippen MR) is 143 cm³/mol. The third-order valence-corrected chi connectivity index (χ3v) is 7.39. The van der Waals surface area contributed by atoms with E-state index in [0.29, 0.717) is 41.1 Å². The molecule has 0 aliphatic rings. The minimum absolute atomic E-state index is 0.0312. The number of amides is 1. The first-order valence-electron chi connectivity index (χ1n) is 11.1. The first-order valence-corrected chi connectivity index (χ1v) is 13.4. The number of pyridine rings is 1. The number of carboxylic acids is 1. The number of hydrogen-bond acceptors (Lipinski definition) is 11. The monoisotopic (exact) mass is 538 g/mol. The summed E-state index contributed by atoms with van der Waals surface area (Å²) in [7, 11) is 3.03. The van der Waals surface area contributed by atoms with E-state index in [0.717, 1.165) is 10.7 Å². The standard InChI is InChI=1S/C23H23N9O3S2/c24-19-18-20(32-23(25)31-19)28-12-15(29-18)11-27-14-6-4-13(5-7-14)21(33)30-16(22(34)35)8-10-36-37-17-3-1-2-9-26-17/h1-7,9,12,16,27H,8,10-11H2,(H,30,33)(H,34,35)(H4,24,25,28,31,32)/p+1. The lowest BCUT2D eigenvalue weighted by atomic mass is 10.1. The van der Waals surface area contributed by atoms with E-state index >= 15 is 0 Å². The molecule has 1 amide bonds. The van der Waals surface area contributed by atoms with Crippen LogP contribution >= 0.6 is 21.6 Å². The number of nitrogen functional groups attached to an aromatic ring is 2. The van der Waals surface area contributed by atoms with Gasteiger partial charge in [0.15, 0.2) is 23.2 Å². The Balaban J connectivity index is 1.28. The van der Waals surface area contributed by atoms with Crippen LogP contribution in [0.1, 0.15) is 22.5 Å². The number of rotatable bonds is 11. The van der Waals surface area contributed by atoms with Crippen molar-refractivity contribution in [3.05, 3.63) is 66.1 Å². The number of aromatic nitrogens is 5. The Kier molecular flexibility index (Phi) is 8.53. The number of carbonyl (C=O) groups is 2.